The number of aromatic nitrogens is 2. The first kappa shape index (κ1) is 44.2. The zero-order valence-electron chi connectivity index (χ0n) is 33.2. The Morgan fingerprint density at radius 3 is 2.44 bits per heavy atom. The Hall–Kier alpha value is -5.88. The highest BCUT2D eigenvalue weighted by Gasteiger charge is 2.67. The maximum atomic E-state index is 15.4. The first-order valence-corrected chi connectivity index (χ1v) is 20.7. The topological polar surface area (TPSA) is 128 Å². The molecule has 1 heterocycles. The fraction of sp³-hybridized carbons (Fsp3) is 0.279. The number of amidine groups is 1. The molecule has 1 fully saturated rings. The van der Waals surface area contributed by atoms with Crippen LogP contribution >= 0.6 is 23.5 Å². The number of carbonyl (C=O) groups excluding carboxylic acids is 2. The molecular formula is C43H38ClF7N8O2S. The van der Waals surface area contributed by atoms with Crippen molar-refractivity contribution in [1.82, 2.24) is 19.8 Å². The lowest BCUT2D eigenvalue weighted by atomic mass is 9.97. The predicted octanol–water partition coefficient (Wildman–Crippen LogP) is 9.72. The number of carbonyl (C=O) groups is 2. The van der Waals surface area contributed by atoms with E-state index in [2.05, 4.69) is 32.2 Å². The van der Waals surface area contributed by atoms with Gasteiger partial charge in [-0.15, -0.1) is 0 Å². The van der Waals surface area contributed by atoms with Crippen molar-refractivity contribution in [1.29, 1.82) is 5.41 Å². The van der Waals surface area contributed by atoms with E-state index in [9.17, 15) is 26.7 Å². The Bertz CT molecular complexity index is 2600. The van der Waals surface area contributed by atoms with Gasteiger partial charge < -0.3 is 20.3 Å². The third-order valence-electron chi connectivity index (χ3n) is 10.9. The summed E-state index contributed by atoms with van der Waals surface area (Å²) in [5.74, 6) is -9.69. The second kappa shape index (κ2) is 17.5. The molecule has 62 heavy (non-hydrogen) atoms. The Morgan fingerprint density at radius 1 is 1.06 bits per heavy atom. The third kappa shape index (κ3) is 8.49. The summed E-state index contributed by atoms with van der Waals surface area (Å²) in [6.45, 7) is 3.97. The van der Waals surface area contributed by atoms with Crippen molar-refractivity contribution >= 4 is 65.0 Å². The van der Waals surface area contributed by atoms with Crippen molar-refractivity contribution in [3.8, 4) is 11.1 Å². The maximum absolute atomic E-state index is 15.4. The molecule has 1 aromatic heterocycles. The number of hydrogen-bond acceptors (Lipinski definition) is 7. The van der Waals surface area contributed by atoms with Gasteiger partial charge in [0.2, 0.25) is 5.91 Å². The summed E-state index contributed by atoms with van der Waals surface area (Å²) in [4.78, 5) is 34.3. The first-order valence-electron chi connectivity index (χ1n) is 19.1. The van der Waals surface area contributed by atoms with Gasteiger partial charge in [0.1, 0.15) is 41.2 Å². The molecule has 3 unspecified atom stereocenters. The van der Waals surface area contributed by atoms with E-state index in [0.29, 0.717) is 27.4 Å². The molecule has 4 aromatic carbocycles. The molecule has 0 radical (unpaired) electrons. The molecule has 2 aliphatic carbocycles. The summed E-state index contributed by atoms with van der Waals surface area (Å²) >= 11 is 7.73. The molecule has 2 amide bonds. The van der Waals surface area contributed by atoms with Crippen LogP contribution in [0, 0.1) is 35.7 Å². The predicted molar refractivity (Wildman–Crippen MR) is 226 cm³/mol. The number of nitrogens with zero attached hydrogens (tertiary/aromatic N) is 4. The van der Waals surface area contributed by atoms with Crippen LogP contribution in [0.5, 0.6) is 0 Å². The van der Waals surface area contributed by atoms with Gasteiger partial charge in [-0.05, 0) is 103 Å². The van der Waals surface area contributed by atoms with Crippen molar-refractivity contribution in [2.45, 2.75) is 50.6 Å². The highest BCUT2D eigenvalue weighted by Crippen LogP contribution is 2.68. The van der Waals surface area contributed by atoms with E-state index in [1.54, 1.807) is 31.4 Å². The minimum Gasteiger partial charge on any atom is -0.386 e. The summed E-state index contributed by atoms with van der Waals surface area (Å²) in [5.41, 5.74) is 0.562. The standard InChI is InChI=1S/C43H38ClF7N8O2S/c1-20-11-23(45)6-8-27(20)22-5-7-28(32(15-22)53-2)42(61)58(33-10-9-31(44)36(37(33)54-3)41(52)57-62-4)18-26(14-21-12-24(46)16-25(47)13-21)55-34(60)19-59-39-35(38(56-59)40(48)49)29-17-30(29)43(39,50)51/h5-13,15-16,26,29-30,40,54H,2,14,17-19H2,1,3-4H3,(H2,52,57)(H,55,60). The molecule has 5 aromatic rings. The molecule has 1 saturated carbocycles. The van der Waals surface area contributed by atoms with Crippen LogP contribution in [0.15, 0.2) is 71.7 Å². The average Bonchev–Trinajstić information content (AvgIpc) is 3.87. The van der Waals surface area contributed by atoms with E-state index < -0.39 is 84.0 Å². The minimum absolute atomic E-state index is 0.00584. The second-order valence-corrected chi connectivity index (χ2v) is 16.0. The lowest BCUT2D eigenvalue weighted by Gasteiger charge is -2.31. The highest BCUT2D eigenvalue weighted by atomic mass is 35.5. The van der Waals surface area contributed by atoms with Crippen molar-refractivity contribution in [2.75, 3.05) is 30.1 Å². The maximum Gasteiger partial charge on any atom is 0.293 e. The molecule has 4 N–H and O–H groups in total. The monoisotopic (exact) mass is 898 g/mol. The molecule has 3 atom stereocenters. The molecule has 0 aliphatic heterocycles. The Balaban J connectivity index is 1.32. The SMILES string of the molecule is C=Nc1cc(-c2ccc(F)cc2C)ccc1C(=O)N(CC(Cc1cc(F)cc(F)c1)NC(=O)Cn1nc(C(F)F)c2c1C(F)(F)C1CC21)c1ccc(Cl)c(C(=N)NSC)c1NC. The average molecular weight is 899 g/mol. The van der Waals surface area contributed by atoms with Crippen molar-refractivity contribution in [2.24, 2.45) is 10.9 Å². The number of nitrogens with one attached hydrogen (secondary N) is 4. The van der Waals surface area contributed by atoms with E-state index in [1.165, 1.54) is 42.3 Å². The minimum atomic E-state index is -3.52. The van der Waals surface area contributed by atoms with E-state index in [0.717, 1.165) is 24.1 Å². The number of aryl methyl sites for hydroxylation is 1. The molecule has 0 bridgehead atoms. The number of amides is 2. The van der Waals surface area contributed by atoms with Gasteiger partial charge in [-0.2, -0.15) is 13.9 Å². The van der Waals surface area contributed by atoms with Crippen LogP contribution in [0.1, 0.15) is 62.8 Å². The number of alkyl halides is 4. The van der Waals surface area contributed by atoms with Crippen LogP contribution < -0.4 is 20.3 Å². The largest absolute Gasteiger partial charge is 0.386 e. The molecular weight excluding hydrogens is 861 g/mol. The zero-order valence-corrected chi connectivity index (χ0v) is 34.8. The van der Waals surface area contributed by atoms with Crippen LogP contribution in [0.4, 0.5) is 47.8 Å². The molecule has 324 valence electrons. The van der Waals surface area contributed by atoms with Gasteiger partial charge in [-0.25, -0.2) is 22.0 Å². The summed E-state index contributed by atoms with van der Waals surface area (Å²) < 4.78 is 106. The van der Waals surface area contributed by atoms with Crippen LogP contribution in [0.3, 0.4) is 0 Å². The Kier molecular flexibility index (Phi) is 12.5. The summed E-state index contributed by atoms with van der Waals surface area (Å²) in [5, 5.41) is 18.3. The Labute approximate surface area is 360 Å². The van der Waals surface area contributed by atoms with Gasteiger partial charge in [0.25, 0.3) is 18.3 Å². The lowest BCUT2D eigenvalue weighted by Crippen LogP contribution is -2.48. The Morgan fingerprint density at radius 2 is 1.79 bits per heavy atom. The van der Waals surface area contributed by atoms with E-state index in [4.69, 9.17) is 17.0 Å². The molecule has 0 saturated heterocycles. The summed E-state index contributed by atoms with van der Waals surface area (Å²) in [7, 11) is 1.52. The zero-order chi connectivity index (χ0) is 44.8. The summed E-state index contributed by atoms with van der Waals surface area (Å²) in [6.07, 6.45) is -1.82. The first-order chi connectivity index (χ1) is 29.5. The number of halogens is 8. The molecule has 10 nitrogen and oxygen atoms in total. The fourth-order valence-corrected chi connectivity index (χ4v) is 8.78. The summed E-state index contributed by atoms with van der Waals surface area (Å²) in [6, 6.07) is 13.2. The van der Waals surface area contributed by atoms with Crippen LogP contribution in [0.25, 0.3) is 11.1 Å². The molecule has 0 spiro atoms. The smallest absolute Gasteiger partial charge is 0.293 e. The fourth-order valence-electron chi connectivity index (χ4n) is 8.22. The van der Waals surface area contributed by atoms with Crippen molar-refractivity contribution in [3.63, 3.8) is 0 Å². The third-order valence-corrected chi connectivity index (χ3v) is 11.6. The van der Waals surface area contributed by atoms with Crippen molar-refractivity contribution in [3.05, 3.63) is 128 Å². The van der Waals surface area contributed by atoms with Crippen molar-refractivity contribution < 1.29 is 40.3 Å². The van der Waals surface area contributed by atoms with Gasteiger partial charge in [0.05, 0.1) is 39.3 Å². The van der Waals surface area contributed by atoms with Gasteiger partial charge in [0, 0.05) is 37.4 Å². The number of hydrogen-bond donors (Lipinski definition) is 4. The van der Waals surface area contributed by atoms with Crippen LogP contribution in [-0.2, 0) is 23.7 Å². The number of anilines is 2. The molecule has 2 aliphatic rings. The number of aliphatic imine (C=N–C) groups is 1. The normalized spacial score (nSPS) is 16.3. The number of rotatable bonds is 15. The number of benzene rings is 4. The molecule has 19 heteroatoms. The highest BCUT2D eigenvalue weighted by molar-refractivity contribution is 7.97. The van der Waals surface area contributed by atoms with E-state index >= 15 is 13.6 Å². The van der Waals surface area contributed by atoms with Crippen LogP contribution in [-0.4, -0.2) is 60.0 Å². The van der Waals surface area contributed by atoms with E-state index in [1.807, 2.05) is 0 Å². The van der Waals surface area contributed by atoms with Gasteiger partial charge in [0.15, 0.2) is 0 Å². The lowest BCUT2D eigenvalue weighted by molar-refractivity contribution is -0.122. The van der Waals surface area contributed by atoms with Crippen LogP contribution in [0.2, 0.25) is 5.02 Å². The molecule has 7 rings (SSSR count). The number of fused-ring (bicyclic) bond motifs is 3. The van der Waals surface area contributed by atoms with Gasteiger partial charge >= 0.3 is 0 Å². The second-order valence-electron chi connectivity index (χ2n) is 14.9. The van der Waals surface area contributed by atoms with E-state index in [-0.39, 0.29) is 63.0 Å². The van der Waals surface area contributed by atoms with Gasteiger partial charge in [-0.3, -0.25) is 24.7 Å². The van der Waals surface area contributed by atoms with Gasteiger partial charge in [-0.1, -0.05) is 35.7 Å². The quantitative estimate of drug-likeness (QED) is 0.0359.